The zero-order chi connectivity index (χ0) is 10.3. The van der Waals surface area contributed by atoms with Gasteiger partial charge in [-0.15, -0.1) is 0 Å². The van der Waals surface area contributed by atoms with Crippen LogP contribution >= 0.6 is 0 Å². The van der Waals surface area contributed by atoms with Gasteiger partial charge in [0.1, 0.15) is 11.6 Å². The number of ether oxygens (including phenoxy) is 1. The highest BCUT2D eigenvalue weighted by Gasteiger charge is 2.00. The monoisotopic (exact) mass is 184 g/mol. The number of aryl methyl sites for hydroxylation is 1. The summed E-state index contributed by atoms with van der Waals surface area (Å²) in [6, 6.07) is 4.59. The summed E-state index contributed by atoms with van der Waals surface area (Å²) in [6.07, 6.45) is 0.865. The van der Waals surface area contributed by atoms with E-state index in [1.54, 1.807) is 13.2 Å². The molecule has 0 aliphatic carbocycles. The largest absolute Gasteiger partial charge is 0.496 e. The molecule has 0 radical (unpaired) electrons. The molecule has 0 aromatic heterocycles. The van der Waals surface area contributed by atoms with Crippen LogP contribution in [0.4, 0.5) is 4.39 Å². The second-order valence-corrected chi connectivity index (χ2v) is 2.31. The van der Waals surface area contributed by atoms with Crippen LogP contribution in [0.3, 0.4) is 0 Å². The molecule has 1 rings (SSSR count). The first-order chi connectivity index (χ1) is 6.27. The Bertz CT molecular complexity index is 246. The Morgan fingerprint density at radius 1 is 1.31 bits per heavy atom. The number of hydrogen-bond acceptors (Lipinski definition) is 1. The summed E-state index contributed by atoms with van der Waals surface area (Å²) < 4.78 is 17.6. The Morgan fingerprint density at radius 3 is 2.38 bits per heavy atom. The SMILES string of the molecule is CC.CCc1ccc(F)cc1OC. The summed E-state index contributed by atoms with van der Waals surface area (Å²) in [6.45, 7) is 6.01. The van der Waals surface area contributed by atoms with Gasteiger partial charge in [-0.1, -0.05) is 26.8 Å². The van der Waals surface area contributed by atoms with Crippen molar-refractivity contribution in [2.24, 2.45) is 0 Å². The molecule has 0 aliphatic rings. The third-order valence-corrected chi connectivity index (χ3v) is 1.63. The predicted octanol–water partition coefficient (Wildman–Crippen LogP) is 3.42. The van der Waals surface area contributed by atoms with E-state index in [9.17, 15) is 4.39 Å². The maximum Gasteiger partial charge on any atom is 0.126 e. The van der Waals surface area contributed by atoms with Crippen LogP contribution in [-0.2, 0) is 6.42 Å². The molecule has 0 heterocycles. The molecule has 0 aliphatic heterocycles. The lowest BCUT2D eigenvalue weighted by molar-refractivity contribution is 0.406. The number of methoxy groups -OCH3 is 1. The van der Waals surface area contributed by atoms with Gasteiger partial charge < -0.3 is 4.74 Å². The molecule has 0 saturated carbocycles. The van der Waals surface area contributed by atoms with Gasteiger partial charge in [-0.2, -0.15) is 0 Å². The summed E-state index contributed by atoms with van der Waals surface area (Å²) in [5.74, 6) is 0.381. The van der Waals surface area contributed by atoms with Crippen molar-refractivity contribution in [2.75, 3.05) is 7.11 Å². The van der Waals surface area contributed by atoms with Crippen LogP contribution in [0.5, 0.6) is 5.75 Å². The minimum Gasteiger partial charge on any atom is -0.496 e. The van der Waals surface area contributed by atoms with E-state index in [1.165, 1.54) is 12.1 Å². The van der Waals surface area contributed by atoms with E-state index in [0.29, 0.717) is 5.75 Å². The van der Waals surface area contributed by atoms with E-state index >= 15 is 0 Å². The molecule has 1 aromatic carbocycles. The molecular weight excluding hydrogens is 167 g/mol. The van der Waals surface area contributed by atoms with Crippen LogP contribution < -0.4 is 4.74 Å². The molecule has 0 spiro atoms. The molecule has 1 nitrogen and oxygen atoms in total. The normalized spacial score (nSPS) is 8.69. The first-order valence-electron chi connectivity index (χ1n) is 4.60. The van der Waals surface area contributed by atoms with Gasteiger partial charge in [-0.25, -0.2) is 4.39 Å². The van der Waals surface area contributed by atoms with Crippen molar-refractivity contribution in [3.8, 4) is 5.75 Å². The first kappa shape index (κ1) is 11.9. The number of halogens is 1. The van der Waals surface area contributed by atoms with E-state index in [4.69, 9.17) is 4.74 Å². The van der Waals surface area contributed by atoms with Crippen molar-refractivity contribution in [2.45, 2.75) is 27.2 Å². The van der Waals surface area contributed by atoms with Gasteiger partial charge >= 0.3 is 0 Å². The van der Waals surface area contributed by atoms with Crippen molar-refractivity contribution in [1.29, 1.82) is 0 Å². The molecule has 0 unspecified atom stereocenters. The third-order valence-electron chi connectivity index (χ3n) is 1.63. The average Bonchev–Trinajstić information content (AvgIpc) is 2.20. The van der Waals surface area contributed by atoms with Crippen LogP contribution in [0.2, 0.25) is 0 Å². The topological polar surface area (TPSA) is 9.23 Å². The zero-order valence-electron chi connectivity index (χ0n) is 8.73. The van der Waals surface area contributed by atoms with Crippen molar-refractivity contribution in [1.82, 2.24) is 0 Å². The Kier molecular flexibility index (Phi) is 5.94. The maximum atomic E-state index is 12.6. The van der Waals surface area contributed by atoms with E-state index in [0.717, 1.165) is 12.0 Å². The fourth-order valence-electron chi connectivity index (χ4n) is 1.01. The first-order valence-corrected chi connectivity index (χ1v) is 4.60. The molecule has 1 aromatic rings. The second kappa shape index (κ2) is 6.46. The van der Waals surface area contributed by atoms with Crippen molar-refractivity contribution < 1.29 is 9.13 Å². The predicted molar refractivity (Wildman–Crippen MR) is 53.7 cm³/mol. The highest BCUT2D eigenvalue weighted by Crippen LogP contribution is 2.19. The van der Waals surface area contributed by atoms with E-state index < -0.39 is 0 Å². The van der Waals surface area contributed by atoms with Crippen LogP contribution in [0.15, 0.2) is 18.2 Å². The molecule has 0 bridgehead atoms. The number of hydrogen-bond donors (Lipinski definition) is 0. The molecule has 13 heavy (non-hydrogen) atoms. The minimum atomic E-state index is -0.251. The Morgan fingerprint density at radius 2 is 1.92 bits per heavy atom. The van der Waals surface area contributed by atoms with Gasteiger partial charge in [0.05, 0.1) is 7.11 Å². The molecule has 2 heteroatoms. The van der Waals surface area contributed by atoms with Crippen molar-refractivity contribution in [3.05, 3.63) is 29.6 Å². The van der Waals surface area contributed by atoms with Crippen LogP contribution in [0, 0.1) is 5.82 Å². The van der Waals surface area contributed by atoms with Crippen LogP contribution in [-0.4, -0.2) is 7.11 Å². The standard InChI is InChI=1S/C9H11FO.C2H6/c1-3-7-4-5-8(10)6-9(7)11-2;1-2/h4-6H,3H2,1-2H3;1-2H3. The Labute approximate surface area is 79.5 Å². The fraction of sp³-hybridized carbons (Fsp3) is 0.455. The van der Waals surface area contributed by atoms with Gasteiger partial charge in [0.2, 0.25) is 0 Å². The van der Waals surface area contributed by atoms with Gasteiger partial charge in [-0.3, -0.25) is 0 Å². The van der Waals surface area contributed by atoms with Crippen LogP contribution in [0.25, 0.3) is 0 Å². The summed E-state index contributed by atoms with van der Waals surface area (Å²) in [4.78, 5) is 0. The fourth-order valence-corrected chi connectivity index (χ4v) is 1.01. The molecular formula is C11H17FO. The summed E-state index contributed by atoms with van der Waals surface area (Å²) in [7, 11) is 1.55. The lowest BCUT2D eigenvalue weighted by Gasteiger charge is -2.04. The molecule has 0 fully saturated rings. The highest BCUT2D eigenvalue weighted by molar-refractivity contribution is 5.33. The average molecular weight is 184 g/mol. The van der Waals surface area contributed by atoms with Gasteiger partial charge in [0.15, 0.2) is 0 Å². The third kappa shape index (κ3) is 3.45. The van der Waals surface area contributed by atoms with Crippen LogP contribution in [0.1, 0.15) is 26.3 Å². The molecule has 0 amide bonds. The summed E-state index contributed by atoms with van der Waals surface area (Å²) in [5.41, 5.74) is 1.04. The summed E-state index contributed by atoms with van der Waals surface area (Å²) >= 11 is 0. The quantitative estimate of drug-likeness (QED) is 0.684. The van der Waals surface area contributed by atoms with E-state index in [2.05, 4.69) is 0 Å². The Hall–Kier alpha value is -1.05. The molecule has 0 atom stereocenters. The molecule has 0 N–H and O–H groups in total. The van der Waals surface area contributed by atoms with E-state index in [-0.39, 0.29) is 5.82 Å². The molecule has 74 valence electrons. The highest BCUT2D eigenvalue weighted by atomic mass is 19.1. The molecule has 0 saturated heterocycles. The van der Waals surface area contributed by atoms with Gasteiger partial charge in [0.25, 0.3) is 0 Å². The number of benzene rings is 1. The Balaban J connectivity index is 0.000000671. The second-order valence-electron chi connectivity index (χ2n) is 2.31. The lowest BCUT2D eigenvalue weighted by atomic mass is 10.1. The van der Waals surface area contributed by atoms with Gasteiger partial charge in [-0.05, 0) is 18.1 Å². The van der Waals surface area contributed by atoms with Gasteiger partial charge in [0, 0.05) is 6.07 Å². The zero-order valence-corrected chi connectivity index (χ0v) is 8.73. The van der Waals surface area contributed by atoms with Crippen molar-refractivity contribution in [3.63, 3.8) is 0 Å². The van der Waals surface area contributed by atoms with E-state index in [1.807, 2.05) is 20.8 Å². The maximum absolute atomic E-state index is 12.6. The lowest BCUT2D eigenvalue weighted by Crippen LogP contribution is -1.90. The minimum absolute atomic E-state index is 0.251. The smallest absolute Gasteiger partial charge is 0.126 e. The number of rotatable bonds is 2. The summed E-state index contributed by atoms with van der Waals surface area (Å²) in [5, 5.41) is 0. The van der Waals surface area contributed by atoms with Crippen molar-refractivity contribution >= 4 is 0 Å².